The molecule has 0 unspecified atom stereocenters. The van der Waals surface area contributed by atoms with Gasteiger partial charge >= 0.3 is 0 Å². The fourth-order valence-corrected chi connectivity index (χ4v) is 4.55. The van der Waals surface area contributed by atoms with Crippen molar-refractivity contribution in [2.45, 2.75) is 18.9 Å². The van der Waals surface area contributed by atoms with Crippen molar-refractivity contribution in [3.05, 3.63) is 59.4 Å². The molecule has 1 saturated heterocycles. The van der Waals surface area contributed by atoms with Gasteiger partial charge < -0.3 is 9.73 Å². The molecule has 1 aliphatic rings. The first-order valence-corrected chi connectivity index (χ1v) is 11.7. The Morgan fingerprint density at radius 2 is 1.97 bits per heavy atom. The van der Waals surface area contributed by atoms with Gasteiger partial charge in [0, 0.05) is 30.2 Å². The van der Waals surface area contributed by atoms with Crippen molar-refractivity contribution in [3.63, 3.8) is 0 Å². The normalized spacial score (nSPS) is 15.9. The first kappa shape index (κ1) is 20.6. The number of nitrogens with one attached hydrogen (secondary N) is 1. The molecule has 0 bridgehead atoms. The summed E-state index contributed by atoms with van der Waals surface area (Å²) >= 11 is 6.12. The third-order valence-electron chi connectivity index (χ3n) is 5.03. The number of hydrogen-bond acceptors (Lipinski definition) is 5. The lowest BCUT2D eigenvalue weighted by Crippen LogP contribution is -2.46. The fraction of sp³-hybridized carbons (Fsp3) is 0.300. The number of furan rings is 1. The van der Waals surface area contributed by atoms with Crippen LogP contribution in [0.1, 0.15) is 23.3 Å². The predicted octanol–water partition coefficient (Wildman–Crippen LogP) is 2.94. The highest BCUT2D eigenvalue weighted by atomic mass is 35.5. The van der Waals surface area contributed by atoms with E-state index < -0.39 is 10.0 Å². The lowest BCUT2D eigenvalue weighted by Gasteiger charge is -2.30. The van der Waals surface area contributed by atoms with E-state index in [4.69, 9.17) is 16.0 Å². The zero-order valence-electron chi connectivity index (χ0n) is 16.3. The van der Waals surface area contributed by atoms with Gasteiger partial charge in [0.05, 0.1) is 18.2 Å². The third-order valence-corrected chi connectivity index (χ3v) is 6.56. The SMILES string of the molecule is CS(=O)(=O)N1CCC(NC(=O)c2cc(-c3ccco3)n(-c3cccc(Cl)c3)n2)CC1. The maximum Gasteiger partial charge on any atom is 0.272 e. The van der Waals surface area contributed by atoms with Gasteiger partial charge in [-0.25, -0.2) is 17.4 Å². The van der Waals surface area contributed by atoms with Gasteiger partial charge in [0.25, 0.3) is 5.91 Å². The summed E-state index contributed by atoms with van der Waals surface area (Å²) in [7, 11) is -3.21. The number of amides is 1. The Morgan fingerprint density at radius 1 is 1.20 bits per heavy atom. The van der Waals surface area contributed by atoms with Crippen molar-refractivity contribution in [1.82, 2.24) is 19.4 Å². The van der Waals surface area contributed by atoms with E-state index in [1.807, 2.05) is 6.07 Å². The summed E-state index contributed by atoms with van der Waals surface area (Å²) in [6, 6.07) is 12.3. The van der Waals surface area contributed by atoms with Crippen molar-refractivity contribution >= 4 is 27.5 Å². The monoisotopic (exact) mass is 448 g/mol. The summed E-state index contributed by atoms with van der Waals surface area (Å²) in [5, 5.41) is 7.99. The number of benzene rings is 1. The van der Waals surface area contributed by atoms with Crippen molar-refractivity contribution in [3.8, 4) is 17.1 Å². The molecule has 2 aromatic heterocycles. The summed E-state index contributed by atoms with van der Waals surface area (Å²) in [5.41, 5.74) is 1.57. The van der Waals surface area contributed by atoms with E-state index in [0.717, 1.165) is 0 Å². The molecule has 1 N–H and O–H groups in total. The summed E-state index contributed by atoms with van der Waals surface area (Å²) < 4.78 is 31.9. The van der Waals surface area contributed by atoms with E-state index in [9.17, 15) is 13.2 Å². The number of halogens is 1. The largest absolute Gasteiger partial charge is 0.463 e. The van der Waals surface area contributed by atoms with Crippen molar-refractivity contribution in [1.29, 1.82) is 0 Å². The van der Waals surface area contributed by atoms with Crippen LogP contribution in [0.25, 0.3) is 17.1 Å². The predicted molar refractivity (Wildman–Crippen MR) is 113 cm³/mol. The Hall–Kier alpha value is -2.62. The molecular formula is C20H21ClN4O4S. The number of rotatable bonds is 5. The molecule has 3 aromatic rings. The number of carbonyl (C=O) groups is 1. The Kier molecular flexibility index (Phi) is 5.68. The maximum absolute atomic E-state index is 12.8. The zero-order chi connectivity index (χ0) is 21.3. The van der Waals surface area contributed by atoms with Crippen LogP contribution in [-0.4, -0.2) is 53.8 Å². The highest BCUT2D eigenvalue weighted by Crippen LogP contribution is 2.26. The van der Waals surface area contributed by atoms with Gasteiger partial charge in [-0.2, -0.15) is 5.10 Å². The van der Waals surface area contributed by atoms with Gasteiger partial charge in [-0.05, 0) is 43.2 Å². The van der Waals surface area contributed by atoms with Crippen LogP contribution < -0.4 is 5.32 Å². The molecule has 0 saturated carbocycles. The second-order valence-corrected chi connectivity index (χ2v) is 9.61. The first-order chi connectivity index (χ1) is 14.3. The minimum Gasteiger partial charge on any atom is -0.463 e. The average molecular weight is 449 g/mol. The van der Waals surface area contributed by atoms with Crippen LogP contribution in [0.15, 0.2) is 53.1 Å². The summed E-state index contributed by atoms with van der Waals surface area (Å²) in [6.45, 7) is 0.775. The van der Waals surface area contributed by atoms with E-state index in [2.05, 4.69) is 10.4 Å². The quantitative estimate of drug-likeness (QED) is 0.647. The lowest BCUT2D eigenvalue weighted by molar-refractivity contribution is 0.0918. The molecule has 8 nitrogen and oxygen atoms in total. The molecule has 1 amide bonds. The number of piperidine rings is 1. The number of sulfonamides is 1. The standard InChI is InChI=1S/C20H21ClN4O4S/c1-30(27,28)24-9-7-15(8-10-24)22-20(26)17-13-18(19-6-3-11-29-19)25(23-17)16-5-2-4-14(21)12-16/h2-6,11-13,15H,7-10H2,1H3,(H,22,26). The second-order valence-electron chi connectivity index (χ2n) is 7.19. The smallest absolute Gasteiger partial charge is 0.272 e. The molecule has 1 fully saturated rings. The van der Waals surface area contributed by atoms with Crippen LogP contribution in [0.4, 0.5) is 0 Å². The van der Waals surface area contributed by atoms with Crippen LogP contribution in [0.2, 0.25) is 5.02 Å². The number of nitrogens with zero attached hydrogens (tertiary/aromatic N) is 3. The van der Waals surface area contributed by atoms with Crippen LogP contribution in [-0.2, 0) is 10.0 Å². The molecule has 30 heavy (non-hydrogen) atoms. The van der Waals surface area contributed by atoms with E-state index >= 15 is 0 Å². The van der Waals surface area contributed by atoms with Crippen LogP contribution in [0, 0.1) is 0 Å². The molecule has 0 atom stereocenters. The van der Waals surface area contributed by atoms with E-state index in [1.54, 1.807) is 47.3 Å². The Balaban J connectivity index is 1.56. The van der Waals surface area contributed by atoms with Gasteiger partial charge in [0.15, 0.2) is 11.5 Å². The highest BCUT2D eigenvalue weighted by Gasteiger charge is 2.27. The van der Waals surface area contributed by atoms with Crippen molar-refractivity contribution < 1.29 is 17.6 Å². The van der Waals surface area contributed by atoms with Gasteiger partial charge in [0.2, 0.25) is 10.0 Å². The summed E-state index contributed by atoms with van der Waals surface area (Å²) in [6.07, 6.45) is 3.86. The first-order valence-electron chi connectivity index (χ1n) is 9.47. The van der Waals surface area contributed by atoms with E-state index in [-0.39, 0.29) is 17.6 Å². The minimum atomic E-state index is -3.21. The van der Waals surface area contributed by atoms with Crippen LogP contribution >= 0.6 is 11.6 Å². The zero-order valence-corrected chi connectivity index (χ0v) is 17.9. The Morgan fingerprint density at radius 3 is 2.60 bits per heavy atom. The van der Waals surface area contributed by atoms with Crippen molar-refractivity contribution in [2.75, 3.05) is 19.3 Å². The lowest BCUT2D eigenvalue weighted by atomic mass is 10.1. The van der Waals surface area contributed by atoms with Crippen molar-refractivity contribution in [2.24, 2.45) is 0 Å². The van der Waals surface area contributed by atoms with Crippen LogP contribution in [0.3, 0.4) is 0 Å². The molecule has 0 spiro atoms. The van der Waals surface area contributed by atoms with Crippen LogP contribution in [0.5, 0.6) is 0 Å². The average Bonchev–Trinajstić information content (AvgIpc) is 3.37. The molecule has 1 aliphatic heterocycles. The van der Waals surface area contributed by atoms with Gasteiger partial charge in [-0.3, -0.25) is 4.79 Å². The summed E-state index contributed by atoms with van der Waals surface area (Å²) in [4.78, 5) is 12.8. The minimum absolute atomic E-state index is 0.112. The fourth-order valence-electron chi connectivity index (χ4n) is 3.49. The van der Waals surface area contributed by atoms with E-state index in [0.29, 0.717) is 48.1 Å². The number of carbonyl (C=O) groups excluding carboxylic acids is 1. The second kappa shape index (κ2) is 8.25. The molecule has 0 aliphatic carbocycles. The molecule has 4 rings (SSSR count). The van der Waals surface area contributed by atoms with E-state index in [1.165, 1.54) is 10.6 Å². The Bertz CT molecular complexity index is 1150. The molecule has 3 heterocycles. The van der Waals surface area contributed by atoms with Gasteiger partial charge in [-0.1, -0.05) is 17.7 Å². The topological polar surface area (TPSA) is 97.4 Å². The van der Waals surface area contributed by atoms with Gasteiger partial charge in [-0.15, -0.1) is 0 Å². The highest BCUT2D eigenvalue weighted by molar-refractivity contribution is 7.88. The Labute approximate surface area is 179 Å². The molecule has 1 aromatic carbocycles. The third kappa shape index (κ3) is 4.43. The maximum atomic E-state index is 12.8. The molecular weight excluding hydrogens is 428 g/mol. The molecule has 0 radical (unpaired) electrons. The number of hydrogen-bond donors (Lipinski definition) is 1. The number of aromatic nitrogens is 2. The summed E-state index contributed by atoms with van der Waals surface area (Å²) in [5.74, 6) is 0.254. The molecule has 158 valence electrons. The van der Waals surface area contributed by atoms with Gasteiger partial charge in [0.1, 0.15) is 5.69 Å². The molecule has 10 heteroatoms.